The molecule has 1 aromatic carbocycles. The van der Waals surface area contributed by atoms with Crippen molar-refractivity contribution in [3.05, 3.63) is 59.2 Å². The maximum absolute atomic E-state index is 5.88. The van der Waals surface area contributed by atoms with Gasteiger partial charge in [-0.2, -0.15) is 0 Å². The predicted octanol–water partition coefficient (Wildman–Crippen LogP) is 2.74. The van der Waals surface area contributed by atoms with Crippen LogP contribution in [-0.2, 0) is 6.54 Å². The molecule has 0 spiro atoms. The molecule has 2 aromatic rings. The van der Waals surface area contributed by atoms with Crippen LogP contribution in [0.1, 0.15) is 5.56 Å². The lowest BCUT2D eigenvalue weighted by molar-refractivity contribution is -0.675. The smallest absolute Gasteiger partial charge is 0.267 e. The highest BCUT2D eigenvalue weighted by molar-refractivity contribution is 6.30. The molecule has 0 aliphatic heterocycles. The van der Waals surface area contributed by atoms with E-state index in [2.05, 4.69) is 33.9 Å². The van der Waals surface area contributed by atoms with Crippen molar-refractivity contribution in [3.63, 3.8) is 0 Å². The van der Waals surface area contributed by atoms with Crippen LogP contribution in [0, 0.1) is 0 Å². The Bertz CT molecular complexity index is 492. The van der Waals surface area contributed by atoms with Crippen LogP contribution >= 0.6 is 11.6 Å². The van der Waals surface area contributed by atoms with Gasteiger partial charge in [0.1, 0.15) is 6.54 Å². The molecule has 1 aromatic heterocycles. The number of aromatic nitrogens is 1. The number of rotatable bonds is 3. The Kier molecular flexibility index (Phi) is 3.64. The van der Waals surface area contributed by atoms with Gasteiger partial charge in [-0.15, -0.1) is 0 Å². The molecular weight excluding hydrogens is 232 g/mol. The molecule has 0 saturated heterocycles. The van der Waals surface area contributed by atoms with Crippen LogP contribution in [0.25, 0.3) is 0 Å². The minimum atomic E-state index is 0.777. The first-order chi connectivity index (χ1) is 8.16. The monoisotopic (exact) mass is 247 g/mol. The molecule has 0 fully saturated rings. The Morgan fingerprint density at radius 1 is 1.06 bits per heavy atom. The summed E-state index contributed by atoms with van der Waals surface area (Å²) in [7, 11) is 4.10. The Labute approximate surface area is 107 Å². The molecule has 17 heavy (non-hydrogen) atoms. The maximum atomic E-state index is 5.88. The van der Waals surface area contributed by atoms with Crippen LogP contribution in [0.5, 0.6) is 0 Å². The third-order valence-corrected chi connectivity index (χ3v) is 2.89. The van der Waals surface area contributed by atoms with Crippen molar-refractivity contribution in [3.8, 4) is 0 Å². The number of pyridine rings is 1. The molecule has 0 bridgehead atoms. The fourth-order valence-electron chi connectivity index (χ4n) is 1.79. The fraction of sp³-hybridized carbons (Fsp3) is 0.214. The molecule has 0 saturated carbocycles. The van der Waals surface area contributed by atoms with Crippen molar-refractivity contribution in [2.45, 2.75) is 6.54 Å². The Hall–Kier alpha value is -1.54. The van der Waals surface area contributed by atoms with E-state index in [4.69, 9.17) is 11.6 Å². The molecule has 0 aliphatic rings. The number of hydrogen-bond acceptors (Lipinski definition) is 1. The first kappa shape index (κ1) is 11.9. The minimum absolute atomic E-state index is 0.777. The Balaban J connectivity index is 2.26. The van der Waals surface area contributed by atoms with Crippen molar-refractivity contribution < 1.29 is 4.57 Å². The zero-order valence-corrected chi connectivity index (χ0v) is 10.9. The minimum Gasteiger partial charge on any atom is -0.267 e. The molecule has 88 valence electrons. The first-order valence-electron chi connectivity index (χ1n) is 5.57. The molecular formula is C14H16ClN2+. The second-order valence-corrected chi connectivity index (χ2v) is 4.64. The summed E-state index contributed by atoms with van der Waals surface area (Å²) in [5.41, 5.74) is 1.24. The standard InChI is InChI=1S/C14H16ClN2/c1-16(2)14-5-3-4-10-17(14)11-12-6-8-13(15)9-7-12/h3-10H,11H2,1-2H3/q+1. The highest BCUT2D eigenvalue weighted by Crippen LogP contribution is 2.10. The summed E-state index contributed by atoms with van der Waals surface area (Å²) in [6.45, 7) is 0.853. The number of nitrogens with zero attached hydrogens (tertiary/aromatic N) is 2. The van der Waals surface area contributed by atoms with Crippen LogP contribution < -0.4 is 9.47 Å². The Morgan fingerprint density at radius 2 is 1.76 bits per heavy atom. The van der Waals surface area contributed by atoms with E-state index >= 15 is 0 Å². The molecule has 0 N–H and O–H groups in total. The van der Waals surface area contributed by atoms with Gasteiger partial charge in [0, 0.05) is 11.1 Å². The molecule has 0 radical (unpaired) electrons. The van der Waals surface area contributed by atoms with Crippen LogP contribution in [0.4, 0.5) is 5.82 Å². The summed E-state index contributed by atoms with van der Waals surface area (Å²) in [5, 5.41) is 0.777. The number of hydrogen-bond donors (Lipinski definition) is 0. The topological polar surface area (TPSA) is 7.12 Å². The van der Waals surface area contributed by atoms with E-state index in [-0.39, 0.29) is 0 Å². The van der Waals surface area contributed by atoms with E-state index in [0.717, 1.165) is 11.6 Å². The molecule has 0 amide bonds. The van der Waals surface area contributed by atoms with E-state index in [1.165, 1.54) is 11.4 Å². The molecule has 2 nitrogen and oxygen atoms in total. The molecule has 0 unspecified atom stereocenters. The van der Waals surface area contributed by atoms with E-state index in [0.29, 0.717) is 0 Å². The van der Waals surface area contributed by atoms with Crippen molar-refractivity contribution in [2.24, 2.45) is 0 Å². The quantitative estimate of drug-likeness (QED) is 0.757. The molecule has 0 aliphatic carbocycles. The van der Waals surface area contributed by atoms with Gasteiger partial charge in [-0.1, -0.05) is 29.8 Å². The van der Waals surface area contributed by atoms with Crippen LogP contribution in [0.2, 0.25) is 5.02 Å². The summed E-state index contributed by atoms with van der Waals surface area (Å²) >= 11 is 5.88. The number of anilines is 1. The lowest BCUT2D eigenvalue weighted by Gasteiger charge is -2.10. The number of benzene rings is 1. The summed E-state index contributed by atoms with van der Waals surface area (Å²) < 4.78 is 2.21. The van der Waals surface area contributed by atoms with Gasteiger partial charge < -0.3 is 0 Å². The zero-order valence-electron chi connectivity index (χ0n) is 10.1. The van der Waals surface area contributed by atoms with Gasteiger partial charge >= 0.3 is 0 Å². The summed E-state index contributed by atoms with van der Waals surface area (Å²) in [5.74, 6) is 1.18. The van der Waals surface area contributed by atoms with Crippen LogP contribution in [-0.4, -0.2) is 14.1 Å². The average molecular weight is 248 g/mol. The van der Waals surface area contributed by atoms with Gasteiger partial charge in [0.15, 0.2) is 0 Å². The summed E-state index contributed by atoms with van der Waals surface area (Å²) in [6, 6.07) is 14.2. The number of halogens is 1. The SMILES string of the molecule is CN(C)c1cccc[n+]1Cc1ccc(Cl)cc1. The van der Waals surface area contributed by atoms with Gasteiger partial charge in [-0.05, 0) is 23.8 Å². The van der Waals surface area contributed by atoms with Crippen LogP contribution in [0.3, 0.4) is 0 Å². The zero-order chi connectivity index (χ0) is 12.3. The first-order valence-corrected chi connectivity index (χ1v) is 5.95. The largest absolute Gasteiger partial charge is 0.276 e. The molecule has 3 heteroatoms. The third-order valence-electron chi connectivity index (χ3n) is 2.64. The molecule has 1 heterocycles. The predicted molar refractivity (Wildman–Crippen MR) is 71.5 cm³/mol. The average Bonchev–Trinajstić information content (AvgIpc) is 2.32. The van der Waals surface area contributed by atoms with Gasteiger partial charge in [0.25, 0.3) is 5.82 Å². The van der Waals surface area contributed by atoms with Crippen molar-refractivity contribution in [1.29, 1.82) is 0 Å². The lowest BCUT2D eigenvalue weighted by Crippen LogP contribution is -2.39. The summed E-state index contributed by atoms with van der Waals surface area (Å²) in [4.78, 5) is 2.11. The highest BCUT2D eigenvalue weighted by atomic mass is 35.5. The lowest BCUT2D eigenvalue weighted by atomic mass is 10.2. The second kappa shape index (κ2) is 5.19. The van der Waals surface area contributed by atoms with E-state index < -0.39 is 0 Å². The van der Waals surface area contributed by atoms with Gasteiger partial charge in [0.05, 0.1) is 20.3 Å². The van der Waals surface area contributed by atoms with Gasteiger partial charge in [-0.3, -0.25) is 4.90 Å². The normalized spacial score (nSPS) is 10.3. The summed E-state index contributed by atoms with van der Waals surface area (Å²) in [6.07, 6.45) is 2.09. The van der Waals surface area contributed by atoms with Crippen molar-refractivity contribution >= 4 is 17.4 Å². The second-order valence-electron chi connectivity index (χ2n) is 4.21. The molecule has 2 rings (SSSR count). The van der Waals surface area contributed by atoms with Gasteiger partial charge in [-0.25, -0.2) is 4.57 Å². The fourth-order valence-corrected chi connectivity index (χ4v) is 1.92. The maximum Gasteiger partial charge on any atom is 0.276 e. The van der Waals surface area contributed by atoms with Gasteiger partial charge in [0.2, 0.25) is 0 Å². The van der Waals surface area contributed by atoms with Crippen molar-refractivity contribution in [1.82, 2.24) is 0 Å². The van der Waals surface area contributed by atoms with E-state index in [9.17, 15) is 0 Å². The van der Waals surface area contributed by atoms with E-state index in [1.807, 2.05) is 38.4 Å². The third kappa shape index (κ3) is 2.98. The van der Waals surface area contributed by atoms with E-state index in [1.54, 1.807) is 0 Å². The molecule has 0 atom stereocenters. The highest BCUT2D eigenvalue weighted by Gasteiger charge is 2.10. The Morgan fingerprint density at radius 3 is 2.41 bits per heavy atom. The van der Waals surface area contributed by atoms with Crippen molar-refractivity contribution in [2.75, 3.05) is 19.0 Å². The van der Waals surface area contributed by atoms with Crippen LogP contribution in [0.15, 0.2) is 48.7 Å².